The fourth-order valence-electron chi connectivity index (χ4n) is 5.74. The Morgan fingerprint density at radius 3 is 2.47 bits per heavy atom. The summed E-state index contributed by atoms with van der Waals surface area (Å²) in [7, 11) is 0.239. The van der Waals surface area contributed by atoms with E-state index in [2.05, 4.69) is 27.2 Å². The second-order valence-electron chi connectivity index (χ2n) is 10.0. The molecule has 0 saturated carbocycles. The summed E-state index contributed by atoms with van der Waals surface area (Å²) >= 11 is 6.11. The van der Waals surface area contributed by atoms with E-state index in [-0.39, 0.29) is 12.4 Å². The van der Waals surface area contributed by atoms with Crippen molar-refractivity contribution in [3.8, 4) is 0 Å². The Kier molecular flexibility index (Phi) is 6.97. The van der Waals surface area contributed by atoms with E-state index in [1.165, 1.54) is 12.8 Å². The van der Waals surface area contributed by atoms with Crippen LogP contribution < -0.4 is 15.1 Å². The first-order valence-electron chi connectivity index (χ1n) is 13.0. The molecule has 0 radical (unpaired) electrons. The summed E-state index contributed by atoms with van der Waals surface area (Å²) in [5, 5.41) is 4.16. The van der Waals surface area contributed by atoms with E-state index in [0.717, 1.165) is 66.7 Å². The van der Waals surface area contributed by atoms with E-state index < -0.39 is 10.8 Å². The van der Waals surface area contributed by atoms with Gasteiger partial charge in [0.05, 0.1) is 30.0 Å². The molecule has 0 amide bonds. The Bertz CT molecular complexity index is 1350. The molecule has 10 heteroatoms. The summed E-state index contributed by atoms with van der Waals surface area (Å²) in [6.07, 6.45) is 4.05. The number of carbonyl (C=O) groups is 1. The lowest BCUT2D eigenvalue weighted by Crippen LogP contribution is -2.54. The number of anilines is 4. The molecule has 0 aliphatic carbocycles. The fraction of sp³-hybridized carbons (Fsp3) is 0.393. The number of aromatic nitrogens is 2. The first-order chi connectivity index (χ1) is 18.5. The van der Waals surface area contributed by atoms with Gasteiger partial charge in [-0.05, 0) is 67.6 Å². The summed E-state index contributed by atoms with van der Waals surface area (Å²) in [6, 6.07) is 16.3. The van der Waals surface area contributed by atoms with Crippen molar-refractivity contribution < 1.29 is 13.7 Å². The molecule has 1 N–H and O–H groups in total. The van der Waals surface area contributed by atoms with Gasteiger partial charge >= 0.3 is 5.97 Å². The van der Waals surface area contributed by atoms with Gasteiger partial charge in [-0.2, -0.15) is 4.98 Å². The van der Waals surface area contributed by atoms with Crippen LogP contribution in [0.15, 0.2) is 53.4 Å². The molecule has 3 aliphatic heterocycles. The monoisotopic (exact) mass is 551 g/mol. The zero-order valence-corrected chi connectivity index (χ0v) is 22.8. The van der Waals surface area contributed by atoms with E-state index in [0.29, 0.717) is 28.5 Å². The molecule has 38 heavy (non-hydrogen) atoms. The van der Waals surface area contributed by atoms with Gasteiger partial charge in [0.15, 0.2) is 5.82 Å². The lowest BCUT2D eigenvalue weighted by atomic mass is 10.1. The third-order valence-corrected chi connectivity index (χ3v) is 9.39. The van der Waals surface area contributed by atoms with Crippen LogP contribution in [0.3, 0.4) is 0 Å². The molecule has 2 unspecified atom stereocenters. The van der Waals surface area contributed by atoms with Gasteiger partial charge in [0, 0.05) is 47.3 Å². The molecule has 0 spiro atoms. The molecule has 1 aromatic heterocycles. The van der Waals surface area contributed by atoms with Crippen LogP contribution in [0, 0.1) is 0 Å². The molecule has 3 aromatic rings. The van der Waals surface area contributed by atoms with Gasteiger partial charge in [-0.3, -0.25) is 9.00 Å². The Morgan fingerprint density at radius 2 is 1.79 bits per heavy atom. The third kappa shape index (κ3) is 4.97. The molecular weight excluding hydrogens is 522 g/mol. The topological polar surface area (TPSA) is 87.7 Å². The highest BCUT2D eigenvalue weighted by atomic mass is 35.5. The smallest absolute Gasteiger partial charge is 0.309 e. The SMILES string of the molecule is COC(=O)Cc1ccc(Nc2nc(N3C4CCC3CN(c3ccc(Cl)cc3)C4)nc3c2[S@](=O)CCC3)cc1. The van der Waals surface area contributed by atoms with Crippen LogP contribution in [-0.2, 0) is 33.2 Å². The van der Waals surface area contributed by atoms with Crippen molar-refractivity contribution in [2.24, 2.45) is 0 Å². The molecule has 3 aliphatic rings. The fourth-order valence-corrected chi connectivity index (χ4v) is 7.20. The number of carbonyl (C=O) groups excluding carboxylic acids is 1. The van der Waals surface area contributed by atoms with Gasteiger partial charge in [-0.25, -0.2) is 4.98 Å². The van der Waals surface area contributed by atoms with Gasteiger partial charge in [-0.1, -0.05) is 23.7 Å². The summed E-state index contributed by atoms with van der Waals surface area (Å²) in [5.41, 5.74) is 3.75. The zero-order valence-electron chi connectivity index (χ0n) is 21.2. The first-order valence-corrected chi connectivity index (χ1v) is 14.7. The van der Waals surface area contributed by atoms with Gasteiger partial charge in [0.25, 0.3) is 0 Å². The average Bonchev–Trinajstić information content (AvgIpc) is 3.19. The molecule has 2 aromatic carbocycles. The maximum absolute atomic E-state index is 13.1. The maximum Gasteiger partial charge on any atom is 0.309 e. The van der Waals surface area contributed by atoms with Gasteiger partial charge in [-0.15, -0.1) is 0 Å². The molecule has 198 valence electrons. The van der Waals surface area contributed by atoms with Crippen molar-refractivity contribution in [1.29, 1.82) is 0 Å². The van der Waals surface area contributed by atoms with Crippen LogP contribution >= 0.6 is 11.6 Å². The van der Waals surface area contributed by atoms with Crippen LogP contribution in [0.25, 0.3) is 0 Å². The minimum Gasteiger partial charge on any atom is -0.469 e. The Morgan fingerprint density at radius 1 is 1.08 bits per heavy atom. The number of benzene rings is 2. The van der Waals surface area contributed by atoms with E-state index in [4.69, 9.17) is 26.3 Å². The molecule has 4 heterocycles. The van der Waals surface area contributed by atoms with Crippen molar-refractivity contribution in [2.45, 2.75) is 49.1 Å². The second-order valence-corrected chi connectivity index (χ2v) is 12.0. The molecular formula is C28H30ClN5O3S. The summed E-state index contributed by atoms with van der Waals surface area (Å²) in [6.45, 7) is 1.80. The number of piperazine rings is 1. The summed E-state index contributed by atoms with van der Waals surface area (Å²) < 4.78 is 17.8. The molecule has 2 bridgehead atoms. The van der Waals surface area contributed by atoms with Gasteiger partial charge < -0.3 is 19.9 Å². The number of esters is 1. The van der Waals surface area contributed by atoms with Crippen molar-refractivity contribution in [3.05, 3.63) is 64.8 Å². The second kappa shape index (κ2) is 10.5. The number of halogens is 1. The largest absolute Gasteiger partial charge is 0.469 e. The van der Waals surface area contributed by atoms with Crippen molar-refractivity contribution in [2.75, 3.05) is 41.1 Å². The standard InChI is InChI=1S/C28H30ClN5O3S/c1-37-25(35)15-18-4-8-20(9-5-18)30-27-26-24(3-2-14-38(26)36)31-28(32-27)34-22-12-13-23(34)17-33(16-22)21-10-6-19(29)7-11-21/h4-11,22-23H,2-3,12-17H2,1H3,(H,30,31,32)/t22?,23?,38-/m1/s1. The highest BCUT2D eigenvalue weighted by Crippen LogP contribution is 2.38. The van der Waals surface area contributed by atoms with Crippen LogP contribution in [0.2, 0.25) is 5.02 Å². The van der Waals surface area contributed by atoms with Crippen LogP contribution in [0.1, 0.15) is 30.5 Å². The number of hydrogen-bond donors (Lipinski definition) is 1. The number of fused-ring (bicyclic) bond motifs is 3. The Labute approximate surface area is 229 Å². The quantitative estimate of drug-likeness (QED) is 0.448. The minimum absolute atomic E-state index is 0.221. The van der Waals surface area contributed by atoms with E-state index in [1.54, 1.807) is 0 Å². The van der Waals surface area contributed by atoms with Crippen molar-refractivity contribution in [3.63, 3.8) is 0 Å². The molecule has 3 atom stereocenters. The predicted octanol–water partition coefficient (Wildman–Crippen LogP) is 4.50. The first kappa shape index (κ1) is 25.1. The summed E-state index contributed by atoms with van der Waals surface area (Å²) in [5.74, 6) is 1.67. The number of nitrogens with zero attached hydrogens (tertiary/aromatic N) is 4. The molecule has 2 fully saturated rings. The zero-order chi connectivity index (χ0) is 26.2. The normalized spacial score (nSPS) is 22.2. The van der Waals surface area contributed by atoms with Gasteiger partial charge in [0.2, 0.25) is 5.95 Å². The minimum atomic E-state index is -1.15. The highest BCUT2D eigenvalue weighted by Gasteiger charge is 2.42. The number of hydrogen-bond acceptors (Lipinski definition) is 8. The maximum atomic E-state index is 13.1. The molecule has 2 saturated heterocycles. The lowest BCUT2D eigenvalue weighted by molar-refractivity contribution is -0.139. The van der Waals surface area contributed by atoms with Crippen molar-refractivity contribution >= 4 is 51.5 Å². The van der Waals surface area contributed by atoms with E-state index >= 15 is 0 Å². The number of ether oxygens (including phenoxy) is 1. The highest BCUT2D eigenvalue weighted by molar-refractivity contribution is 7.85. The number of nitrogens with one attached hydrogen (secondary N) is 1. The number of methoxy groups -OCH3 is 1. The molecule has 8 nitrogen and oxygen atoms in total. The van der Waals surface area contributed by atoms with Crippen molar-refractivity contribution in [1.82, 2.24) is 9.97 Å². The number of aryl methyl sites for hydroxylation is 1. The van der Waals surface area contributed by atoms with E-state index in [1.807, 2.05) is 36.4 Å². The van der Waals surface area contributed by atoms with Crippen LogP contribution in [-0.4, -0.2) is 58.2 Å². The summed E-state index contributed by atoms with van der Waals surface area (Å²) in [4.78, 5) is 27.1. The van der Waals surface area contributed by atoms with Crippen LogP contribution in [0.5, 0.6) is 0 Å². The van der Waals surface area contributed by atoms with Crippen LogP contribution in [0.4, 0.5) is 23.1 Å². The number of rotatable bonds is 6. The average molecular weight is 552 g/mol. The van der Waals surface area contributed by atoms with E-state index in [9.17, 15) is 9.00 Å². The Balaban J connectivity index is 1.28. The van der Waals surface area contributed by atoms with Gasteiger partial charge in [0.1, 0.15) is 4.90 Å². The predicted molar refractivity (Wildman–Crippen MR) is 150 cm³/mol. The third-order valence-electron chi connectivity index (χ3n) is 7.59. The molecule has 6 rings (SSSR count). The Hall–Kier alpha value is -3.17. The lowest BCUT2D eigenvalue weighted by Gasteiger charge is -2.42.